The molecule has 1 aliphatic rings. The number of fused-ring (bicyclic) bond motifs is 1. The second kappa shape index (κ2) is 12.1. The summed E-state index contributed by atoms with van der Waals surface area (Å²) in [6.07, 6.45) is 0. The topological polar surface area (TPSA) is 52.8 Å². The molecule has 5 heteroatoms. The summed E-state index contributed by atoms with van der Waals surface area (Å²) < 4.78 is 8.88. The van der Waals surface area contributed by atoms with E-state index < -0.39 is 0 Å². The molecule has 0 saturated heterocycles. The van der Waals surface area contributed by atoms with E-state index in [0.717, 1.165) is 50.5 Å². The van der Waals surface area contributed by atoms with E-state index >= 15 is 0 Å². The third-order valence-corrected chi connectivity index (χ3v) is 10.4. The van der Waals surface area contributed by atoms with Gasteiger partial charge in [-0.15, -0.1) is 0 Å². The molecule has 0 amide bonds. The van der Waals surface area contributed by atoms with E-state index in [9.17, 15) is 0 Å². The molecule has 252 valence electrons. The standard InChI is InChI=1S/C49H30N4O/c1-4-13-32(14-5-1)47-50-48(33-15-6-2-7-16-33)52-49(51-47)36-20-10-18-34(27-36)35-19-11-21-37(28-35)53-42-26-25-31-17-12-24-40-41-29-39(54-38-22-8-3-9-23-38)30-43(53)45(41)46(42)44(31)40/h1-30H. The first-order valence-electron chi connectivity index (χ1n) is 18.1. The molecule has 54 heavy (non-hydrogen) atoms. The fraction of sp³-hybridized carbons (Fsp3) is 0. The molecule has 0 fully saturated rings. The van der Waals surface area contributed by atoms with Gasteiger partial charge in [0.05, 0.1) is 11.0 Å². The average molecular weight is 691 g/mol. The van der Waals surface area contributed by atoms with Crippen LogP contribution in [0.15, 0.2) is 182 Å². The van der Waals surface area contributed by atoms with Crippen LogP contribution in [0.4, 0.5) is 0 Å². The lowest BCUT2D eigenvalue weighted by atomic mass is 10.0. The van der Waals surface area contributed by atoms with Crippen molar-refractivity contribution in [2.45, 2.75) is 0 Å². The van der Waals surface area contributed by atoms with Crippen molar-refractivity contribution >= 4 is 32.6 Å². The molecule has 0 aliphatic heterocycles. The molecule has 5 nitrogen and oxygen atoms in total. The molecule has 1 aliphatic carbocycles. The molecule has 0 unspecified atom stereocenters. The molecular weight excluding hydrogens is 661 g/mol. The molecule has 10 aromatic rings. The smallest absolute Gasteiger partial charge is 0.164 e. The minimum absolute atomic E-state index is 0.631. The maximum Gasteiger partial charge on any atom is 0.164 e. The van der Waals surface area contributed by atoms with Crippen molar-refractivity contribution in [3.05, 3.63) is 182 Å². The van der Waals surface area contributed by atoms with Crippen LogP contribution >= 0.6 is 0 Å². The van der Waals surface area contributed by atoms with E-state index in [1.165, 1.54) is 38.2 Å². The van der Waals surface area contributed by atoms with Gasteiger partial charge in [-0.05, 0) is 75.5 Å². The highest BCUT2D eigenvalue weighted by Crippen LogP contribution is 2.51. The van der Waals surface area contributed by atoms with Crippen LogP contribution in [0.5, 0.6) is 11.5 Å². The highest BCUT2D eigenvalue weighted by atomic mass is 16.5. The molecule has 2 aromatic heterocycles. The molecule has 0 spiro atoms. The third-order valence-electron chi connectivity index (χ3n) is 10.4. The van der Waals surface area contributed by atoms with Gasteiger partial charge in [-0.1, -0.05) is 133 Å². The van der Waals surface area contributed by atoms with E-state index in [0.29, 0.717) is 17.5 Å². The normalized spacial score (nSPS) is 11.7. The molecule has 0 saturated carbocycles. The molecule has 0 radical (unpaired) electrons. The summed E-state index contributed by atoms with van der Waals surface area (Å²) in [6, 6.07) is 62.9. The summed E-state index contributed by atoms with van der Waals surface area (Å²) in [5, 5.41) is 5.11. The summed E-state index contributed by atoms with van der Waals surface area (Å²) in [4.78, 5) is 14.9. The highest BCUT2D eigenvalue weighted by molar-refractivity contribution is 6.33. The molecule has 0 atom stereocenters. The number of hydrogen-bond donors (Lipinski definition) is 0. The van der Waals surface area contributed by atoms with Gasteiger partial charge in [-0.2, -0.15) is 0 Å². The zero-order chi connectivity index (χ0) is 35.6. The Morgan fingerprint density at radius 2 is 0.944 bits per heavy atom. The van der Waals surface area contributed by atoms with Gasteiger partial charge in [0.2, 0.25) is 0 Å². The molecule has 11 rings (SSSR count). The first-order chi connectivity index (χ1) is 26.7. The van der Waals surface area contributed by atoms with E-state index in [1.54, 1.807) is 0 Å². The van der Waals surface area contributed by atoms with Gasteiger partial charge in [-0.3, -0.25) is 0 Å². The molecule has 0 N–H and O–H groups in total. The van der Waals surface area contributed by atoms with Crippen molar-refractivity contribution in [2.24, 2.45) is 0 Å². The summed E-state index contributed by atoms with van der Waals surface area (Å²) in [7, 11) is 0. The molecule has 0 bridgehead atoms. The van der Waals surface area contributed by atoms with Crippen molar-refractivity contribution in [3.8, 4) is 73.6 Å². The fourth-order valence-corrected chi connectivity index (χ4v) is 7.98. The molecular formula is C49H30N4O. The third kappa shape index (κ3) is 4.90. The van der Waals surface area contributed by atoms with Crippen LogP contribution in [0, 0.1) is 0 Å². The first kappa shape index (κ1) is 30.3. The maximum atomic E-state index is 6.49. The Kier molecular flexibility index (Phi) is 6.79. The number of rotatable bonds is 7. The molecule has 8 aromatic carbocycles. The quantitative estimate of drug-likeness (QED) is 0.167. The monoisotopic (exact) mass is 690 g/mol. The lowest BCUT2D eigenvalue weighted by Crippen LogP contribution is -2.00. The van der Waals surface area contributed by atoms with Crippen molar-refractivity contribution in [1.82, 2.24) is 19.5 Å². The second-order valence-electron chi connectivity index (χ2n) is 13.6. The zero-order valence-corrected chi connectivity index (χ0v) is 29.0. The van der Waals surface area contributed by atoms with Gasteiger partial charge in [0.25, 0.3) is 0 Å². The van der Waals surface area contributed by atoms with Crippen molar-refractivity contribution in [2.75, 3.05) is 0 Å². The average Bonchev–Trinajstić information content (AvgIpc) is 3.76. The summed E-state index contributed by atoms with van der Waals surface area (Å²) in [5.41, 5.74) is 10.8. The van der Waals surface area contributed by atoms with Gasteiger partial charge in [-0.25, -0.2) is 15.0 Å². The number of benzene rings is 8. The van der Waals surface area contributed by atoms with Gasteiger partial charge >= 0.3 is 0 Å². The van der Waals surface area contributed by atoms with Gasteiger partial charge in [0, 0.05) is 39.2 Å². The second-order valence-corrected chi connectivity index (χ2v) is 13.6. The van der Waals surface area contributed by atoms with Crippen LogP contribution in [0.2, 0.25) is 0 Å². The van der Waals surface area contributed by atoms with E-state index in [4.69, 9.17) is 19.7 Å². The van der Waals surface area contributed by atoms with E-state index in [2.05, 4.69) is 95.6 Å². The van der Waals surface area contributed by atoms with Gasteiger partial charge < -0.3 is 9.30 Å². The number of hydrogen-bond acceptors (Lipinski definition) is 4. The largest absolute Gasteiger partial charge is 0.457 e. The predicted molar refractivity (Wildman–Crippen MR) is 219 cm³/mol. The number of ether oxygens (including phenoxy) is 1. The van der Waals surface area contributed by atoms with Gasteiger partial charge in [0.1, 0.15) is 11.5 Å². The number of para-hydroxylation sites is 1. The SMILES string of the molecule is c1ccc(Oc2cc3c4c5c6c-3cccc6ccc5n(-c3cccc(-c5cccc(-c6nc(-c7ccccc7)nc(-c7ccccc7)n6)c5)c3)c4c2)cc1. The van der Waals surface area contributed by atoms with Crippen LogP contribution in [-0.4, -0.2) is 19.5 Å². The van der Waals surface area contributed by atoms with Crippen LogP contribution in [0.25, 0.3) is 94.7 Å². The first-order valence-corrected chi connectivity index (χ1v) is 18.1. The fourth-order valence-electron chi connectivity index (χ4n) is 7.98. The maximum absolute atomic E-state index is 6.49. The lowest BCUT2D eigenvalue weighted by molar-refractivity contribution is 0.483. The summed E-state index contributed by atoms with van der Waals surface area (Å²) in [6.45, 7) is 0. The Labute approximate surface area is 311 Å². The predicted octanol–water partition coefficient (Wildman–Crippen LogP) is 12.6. The van der Waals surface area contributed by atoms with Crippen molar-refractivity contribution < 1.29 is 4.74 Å². The van der Waals surface area contributed by atoms with Crippen molar-refractivity contribution in [3.63, 3.8) is 0 Å². The highest BCUT2D eigenvalue weighted by Gasteiger charge is 2.26. The Bertz CT molecular complexity index is 3010. The zero-order valence-electron chi connectivity index (χ0n) is 29.0. The summed E-state index contributed by atoms with van der Waals surface area (Å²) in [5.74, 6) is 3.55. The minimum Gasteiger partial charge on any atom is -0.457 e. The number of nitrogens with zero attached hydrogens (tertiary/aromatic N) is 4. The van der Waals surface area contributed by atoms with Crippen LogP contribution in [0.1, 0.15) is 0 Å². The van der Waals surface area contributed by atoms with Crippen LogP contribution < -0.4 is 4.74 Å². The van der Waals surface area contributed by atoms with E-state index in [-0.39, 0.29) is 0 Å². The Morgan fingerprint density at radius 1 is 0.352 bits per heavy atom. The Balaban J connectivity index is 1.06. The van der Waals surface area contributed by atoms with Crippen molar-refractivity contribution in [1.29, 1.82) is 0 Å². The molecule has 2 heterocycles. The minimum atomic E-state index is 0.631. The van der Waals surface area contributed by atoms with E-state index in [1.807, 2.05) is 91.0 Å². The van der Waals surface area contributed by atoms with Gasteiger partial charge in [0.15, 0.2) is 17.5 Å². The lowest BCUT2D eigenvalue weighted by Gasteiger charge is -2.15. The van der Waals surface area contributed by atoms with Crippen LogP contribution in [-0.2, 0) is 0 Å². The Morgan fingerprint density at radius 3 is 1.67 bits per heavy atom. The number of aromatic nitrogens is 4. The Hall–Kier alpha value is -7.37. The van der Waals surface area contributed by atoms with Crippen LogP contribution in [0.3, 0.4) is 0 Å². The summed E-state index contributed by atoms with van der Waals surface area (Å²) >= 11 is 0.